The highest BCUT2D eigenvalue weighted by atomic mass is 16.5. The normalized spacial score (nSPS) is 14.0. The topological polar surface area (TPSA) is 73.2 Å². The van der Waals surface area contributed by atoms with Gasteiger partial charge in [0.15, 0.2) is 11.5 Å². The fourth-order valence-corrected chi connectivity index (χ4v) is 2.55. The maximum Gasteiger partial charge on any atom is 0.160 e. The largest absolute Gasteiger partial charge is 0.504 e. The molecule has 0 amide bonds. The molecule has 0 bridgehead atoms. The van der Waals surface area contributed by atoms with E-state index < -0.39 is 12.5 Å². The van der Waals surface area contributed by atoms with Crippen molar-refractivity contribution in [3.63, 3.8) is 0 Å². The Morgan fingerprint density at radius 2 is 1.48 bits per heavy atom. The molecule has 5 heteroatoms. The summed E-state index contributed by atoms with van der Waals surface area (Å²) in [7, 11) is 0. The van der Waals surface area contributed by atoms with Crippen molar-refractivity contribution in [2.24, 2.45) is 0 Å². The molecule has 0 spiro atoms. The van der Waals surface area contributed by atoms with Gasteiger partial charge >= 0.3 is 0 Å². The number of unbranched alkanes of at least 4 members (excludes halogenated alkanes) is 5. The Hall–Kier alpha value is -1.30. The summed E-state index contributed by atoms with van der Waals surface area (Å²) in [6.07, 6.45) is 5.22. The van der Waals surface area contributed by atoms with Gasteiger partial charge in [-0.3, -0.25) is 4.90 Å². The zero-order chi connectivity index (χ0) is 17.1. The van der Waals surface area contributed by atoms with E-state index in [9.17, 15) is 15.3 Å². The van der Waals surface area contributed by atoms with Gasteiger partial charge in [-0.2, -0.15) is 0 Å². The zero-order valence-electron chi connectivity index (χ0n) is 14.3. The SMILES string of the molecule is CC(O)N(CCCCCCCCOc1ccccc1O)C(C)O. The van der Waals surface area contributed by atoms with Crippen LogP contribution in [0.4, 0.5) is 0 Å². The average molecular weight is 325 g/mol. The molecule has 2 atom stereocenters. The molecule has 2 unspecified atom stereocenters. The van der Waals surface area contributed by atoms with Gasteiger partial charge in [0.25, 0.3) is 0 Å². The second-order valence-electron chi connectivity index (χ2n) is 5.94. The van der Waals surface area contributed by atoms with Crippen molar-refractivity contribution in [1.29, 1.82) is 0 Å². The first-order valence-electron chi connectivity index (χ1n) is 8.55. The highest BCUT2D eigenvalue weighted by Gasteiger charge is 2.14. The van der Waals surface area contributed by atoms with Crippen molar-refractivity contribution in [2.75, 3.05) is 13.2 Å². The molecule has 0 saturated heterocycles. The summed E-state index contributed by atoms with van der Waals surface area (Å²) in [5.41, 5.74) is 0. The molecule has 0 aliphatic rings. The van der Waals surface area contributed by atoms with Crippen LogP contribution in [0, 0.1) is 0 Å². The summed E-state index contributed by atoms with van der Waals surface area (Å²) in [5.74, 6) is 0.733. The summed E-state index contributed by atoms with van der Waals surface area (Å²) in [5, 5.41) is 28.6. The summed E-state index contributed by atoms with van der Waals surface area (Å²) in [4.78, 5) is 1.68. The minimum absolute atomic E-state index is 0.188. The Morgan fingerprint density at radius 1 is 0.913 bits per heavy atom. The molecule has 0 fully saturated rings. The van der Waals surface area contributed by atoms with Crippen molar-refractivity contribution in [1.82, 2.24) is 4.90 Å². The van der Waals surface area contributed by atoms with Crippen LogP contribution in [0.2, 0.25) is 0 Å². The van der Waals surface area contributed by atoms with Gasteiger partial charge in [0, 0.05) is 6.54 Å². The van der Waals surface area contributed by atoms with Gasteiger partial charge in [-0.1, -0.05) is 37.8 Å². The minimum atomic E-state index is -0.610. The lowest BCUT2D eigenvalue weighted by molar-refractivity contribution is -0.0844. The molecule has 1 aromatic carbocycles. The maximum atomic E-state index is 9.57. The van der Waals surface area contributed by atoms with Crippen molar-refractivity contribution >= 4 is 0 Å². The number of aliphatic hydroxyl groups is 2. The number of hydrogen-bond donors (Lipinski definition) is 3. The fraction of sp³-hybridized carbons (Fsp3) is 0.667. The molecule has 1 aromatic rings. The number of ether oxygens (including phenoxy) is 1. The number of aromatic hydroxyl groups is 1. The molecule has 3 N–H and O–H groups in total. The van der Waals surface area contributed by atoms with Crippen LogP contribution in [0.3, 0.4) is 0 Å². The van der Waals surface area contributed by atoms with Crippen LogP contribution in [0.1, 0.15) is 52.4 Å². The zero-order valence-corrected chi connectivity index (χ0v) is 14.3. The lowest BCUT2D eigenvalue weighted by Gasteiger charge is -2.27. The third-order valence-electron chi connectivity index (χ3n) is 3.89. The summed E-state index contributed by atoms with van der Waals surface area (Å²) in [6, 6.07) is 7.02. The summed E-state index contributed by atoms with van der Waals surface area (Å²) in [6.45, 7) is 4.69. The third kappa shape index (κ3) is 8.21. The minimum Gasteiger partial charge on any atom is -0.504 e. The molecule has 23 heavy (non-hydrogen) atoms. The molecular weight excluding hydrogens is 294 g/mol. The Labute approximate surface area is 139 Å². The van der Waals surface area contributed by atoms with Crippen LogP contribution in [-0.4, -0.2) is 45.8 Å². The van der Waals surface area contributed by atoms with E-state index in [0.717, 1.165) is 38.5 Å². The van der Waals surface area contributed by atoms with E-state index in [0.29, 0.717) is 18.9 Å². The molecule has 1 rings (SSSR count). The monoisotopic (exact) mass is 325 g/mol. The summed E-state index contributed by atoms with van der Waals surface area (Å²) >= 11 is 0. The van der Waals surface area contributed by atoms with Crippen molar-refractivity contribution in [3.05, 3.63) is 24.3 Å². The van der Waals surface area contributed by atoms with Gasteiger partial charge < -0.3 is 20.1 Å². The van der Waals surface area contributed by atoms with Crippen LogP contribution in [0.15, 0.2) is 24.3 Å². The lowest BCUT2D eigenvalue weighted by Crippen LogP contribution is -2.40. The molecule has 0 aliphatic heterocycles. The number of para-hydroxylation sites is 2. The number of hydrogen-bond acceptors (Lipinski definition) is 5. The predicted molar refractivity (Wildman–Crippen MR) is 91.4 cm³/mol. The van der Waals surface area contributed by atoms with E-state index in [2.05, 4.69) is 0 Å². The van der Waals surface area contributed by atoms with Crippen LogP contribution < -0.4 is 4.74 Å². The number of rotatable bonds is 12. The second kappa shape index (κ2) is 11.3. The molecule has 0 aliphatic carbocycles. The second-order valence-corrected chi connectivity index (χ2v) is 5.94. The van der Waals surface area contributed by atoms with Crippen molar-refractivity contribution in [3.8, 4) is 11.5 Å². The molecule has 0 radical (unpaired) electrons. The van der Waals surface area contributed by atoms with E-state index in [-0.39, 0.29) is 5.75 Å². The molecule has 5 nitrogen and oxygen atoms in total. The van der Waals surface area contributed by atoms with Crippen LogP contribution in [0.5, 0.6) is 11.5 Å². The number of phenolic OH excluding ortho intramolecular Hbond substituents is 1. The molecule has 0 saturated carbocycles. The Bertz CT molecular complexity index is 415. The van der Waals surface area contributed by atoms with Crippen LogP contribution in [-0.2, 0) is 0 Å². The summed E-state index contributed by atoms with van der Waals surface area (Å²) < 4.78 is 5.54. The highest BCUT2D eigenvalue weighted by Crippen LogP contribution is 2.24. The van der Waals surface area contributed by atoms with E-state index >= 15 is 0 Å². The molecule has 0 heterocycles. The van der Waals surface area contributed by atoms with Gasteiger partial charge in [0.1, 0.15) is 12.5 Å². The predicted octanol–water partition coefficient (Wildman–Crippen LogP) is 3.09. The Morgan fingerprint density at radius 3 is 2.09 bits per heavy atom. The average Bonchev–Trinajstić information content (AvgIpc) is 2.50. The standard InChI is InChI=1S/C18H31NO4/c1-15(20)19(16(2)21)13-9-5-3-4-6-10-14-23-18-12-8-7-11-17(18)22/h7-8,11-12,15-16,20-22H,3-6,9-10,13-14H2,1-2H3. The first-order chi connectivity index (χ1) is 11.0. The number of aliphatic hydroxyl groups excluding tert-OH is 2. The van der Waals surface area contributed by atoms with Gasteiger partial charge in [-0.05, 0) is 38.8 Å². The van der Waals surface area contributed by atoms with Crippen molar-refractivity contribution in [2.45, 2.75) is 64.8 Å². The molecule has 132 valence electrons. The van der Waals surface area contributed by atoms with Crippen molar-refractivity contribution < 1.29 is 20.1 Å². The molecule has 0 aromatic heterocycles. The van der Waals surface area contributed by atoms with Gasteiger partial charge in [-0.15, -0.1) is 0 Å². The Balaban J connectivity index is 1.99. The smallest absolute Gasteiger partial charge is 0.160 e. The quantitative estimate of drug-likeness (QED) is 0.407. The molecular formula is C18H31NO4. The number of nitrogens with zero attached hydrogens (tertiary/aromatic N) is 1. The third-order valence-corrected chi connectivity index (χ3v) is 3.89. The fourth-order valence-electron chi connectivity index (χ4n) is 2.55. The number of phenols is 1. The first kappa shape index (κ1) is 19.7. The lowest BCUT2D eigenvalue weighted by atomic mass is 10.1. The van der Waals surface area contributed by atoms with E-state index in [1.54, 1.807) is 36.9 Å². The van der Waals surface area contributed by atoms with Gasteiger partial charge in [0.2, 0.25) is 0 Å². The highest BCUT2D eigenvalue weighted by molar-refractivity contribution is 5.37. The van der Waals surface area contributed by atoms with E-state index in [1.807, 2.05) is 6.07 Å². The van der Waals surface area contributed by atoms with Gasteiger partial charge in [-0.25, -0.2) is 0 Å². The Kier molecular flexibility index (Phi) is 9.67. The maximum absolute atomic E-state index is 9.57. The van der Waals surface area contributed by atoms with E-state index in [4.69, 9.17) is 4.74 Å². The van der Waals surface area contributed by atoms with Crippen LogP contribution >= 0.6 is 0 Å². The van der Waals surface area contributed by atoms with Crippen LogP contribution in [0.25, 0.3) is 0 Å². The van der Waals surface area contributed by atoms with E-state index in [1.165, 1.54) is 0 Å². The first-order valence-corrected chi connectivity index (χ1v) is 8.55. The number of benzene rings is 1. The van der Waals surface area contributed by atoms with Gasteiger partial charge in [0.05, 0.1) is 6.61 Å².